The summed E-state index contributed by atoms with van der Waals surface area (Å²) >= 11 is 0. The van der Waals surface area contributed by atoms with Gasteiger partial charge in [0.1, 0.15) is 11.9 Å². The van der Waals surface area contributed by atoms with Crippen LogP contribution >= 0.6 is 0 Å². The zero-order valence-corrected chi connectivity index (χ0v) is 11.5. The average molecular weight is 287 g/mol. The molecule has 0 saturated heterocycles. The van der Waals surface area contributed by atoms with Crippen molar-refractivity contribution in [3.8, 4) is 6.07 Å². The van der Waals surface area contributed by atoms with Gasteiger partial charge in [0.05, 0.1) is 25.4 Å². The standard InChI is InChI=1S/C15H14FN3O2/c1-21-15(20)5-4-13-8-18-10-19(13)9-11-2-3-12(7-17)14(16)6-11/h2-3,6,8,10H,4-5,9H2,1H3. The Morgan fingerprint density at radius 2 is 2.33 bits per heavy atom. The average Bonchev–Trinajstić information content (AvgIpc) is 2.92. The first-order chi connectivity index (χ1) is 10.1. The quantitative estimate of drug-likeness (QED) is 0.789. The lowest BCUT2D eigenvalue weighted by Crippen LogP contribution is -2.07. The molecule has 0 aliphatic rings. The maximum absolute atomic E-state index is 13.6. The maximum Gasteiger partial charge on any atom is 0.305 e. The third kappa shape index (κ3) is 3.66. The smallest absolute Gasteiger partial charge is 0.305 e. The number of benzene rings is 1. The van der Waals surface area contributed by atoms with Crippen LogP contribution in [0.25, 0.3) is 0 Å². The fourth-order valence-corrected chi connectivity index (χ4v) is 1.98. The van der Waals surface area contributed by atoms with Crippen molar-refractivity contribution in [3.05, 3.63) is 53.4 Å². The molecule has 0 fully saturated rings. The van der Waals surface area contributed by atoms with Crippen LogP contribution < -0.4 is 0 Å². The Morgan fingerprint density at radius 3 is 3.00 bits per heavy atom. The van der Waals surface area contributed by atoms with Gasteiger partial charge in [-0.25, -0.2) is 9.37 Å². The second-order valence-electron chi connectivity index (χ2n) is 4.52. The predicted octanol–water partition coefficient (Wildman–Crippen LogP) is 2.05. The van der Waals surface area contributed by atoms with Crippen LogP contribution in [0.3, 0.4) is 0 Å². The number of nitriles is 1. The van der Waals surface area contributed by atoms with Crippen LogP contribution in [0.5, 0.6) is 0 Å². The zero-order chi connectivity index (χ0) is 15.2. The Bertz CT molecular complexity index is 688. The second kappa shape index (κ2) is 6.66. The van der Waals surface area contributed by atoms with Gasteiger partial charge < -0.3 is 9.30 Å². The van der Waals surface area contributed by atoms with Gasteiger partial charge in [-0.3, -0.25) is 4.79 Å². The molecule has 2 rings (SSSR count). The number of carbonyl (C=O) groups is 1. The van der Waals surface area contributed by atoms with E-state index in [1.165, 1.54) is 19.2 Å². The highest BCUT2D eigenvalue weighted by Crippen LogP contribution is 2.13. The van der Waals surface area contributed by atoms with Crippen LogP contribution in [-0.2, 0) is 22.5 Å². The van der Waals surface area contributed by atoms with E-state index < -0.39 is 5.82 Å². The third-order valence-electron chi connectivity index (χ3n) is 3.12. The number of carbonyl (C=O) groups excluding carboxylic acids is 1. The molecule has 0 atom stereocenters. The molecule has 5 nitrogen and oxygen atoms in total. The molecule has 0 aliphatic heterocycles. The summed E-state index contributed by atoms with van der Waals surface area (Å²) in [6.07, 6.45) is 4.07. The van der Waals surface area contributed by atoms with Crippen LogP contribution in [0, 0.1) is 17.1 Å². The van der Waals surface area contributed by atoms with E-state index in [0.717, 1.165) is 11.3 Å². The van der Waals surface area contributed by atoms with E-state index in [2.05, 4.69) is 9.72 Å². The van der Waals surface area contributed by atoms with Crippen molar-refractivity contribution in [3.63, 3.8) is 0 Å². The van der Waals surface area contributed by atoms with Crippen molar-refractivity contribution in [1.82, 2.24) is 9.55 Å². The largest absolute Gasteiger partial charge is 0.469 e. The van der Waals surface area contributed by atoms with Crippen LogP contribution in [0.2, 0.25) is 0 Å². The number of halogens is 1. The number of esters is 1. The van der Waals surface area contributed by atoms with E-state index in [-0.39, 0.29) is 18.0 Å². The number of nitrogens with zero attached hydrogens (tertiary/aromatic N) is 3. The lowest BCUT2D eigenvalue weighted by molar-refractivity contribution is -0.140. The Labute approximate surface area is 121 Å². The molecular weight excluding hydrogens is 273 g/mol. The van der Waals surface area contributed by atoms with Crippen molar-refractivity contribution in [2.75, 3.05) is 7.11 Å². The highest BCUT2D eigenvalue weighted by Gasteiger charge is 2.08. The third-order valence-corrected chi connectivity index (χ3v) is 3.12. The minimum atomic E-state index is -0.536. The Balaban J connectivity index is 2.10. The normalized spacial score (nSPS) is 10.1. The molecule has 1 aromatic heterocycles. The fraction of sp³-hybridized carbons (Fsp3) is 0.267. The van der Waals surface area contributed by atoms with E-state index in [9.17, 15) is 9.18 Å². The fourth-order valence-electron chi connectivity index (χ4n) is 1.98. The van der Waals surface area contributed by atoms with Gasteiger partial charge in [0.2, 0.25) is 0 Å². The zero-order valence-electron chi connectivity index (χ0n) is 11.5. The van der Waals surface area contributed by atoms with Crippen molar-refractivity contribution in [1.29, 1.82) is 5.26 Å². The predicted molar refractivity (Wildman–Crippen MR) is 72.8 cm³/mol. The minimum Gasteiger partial charge on any atom is -0.469 e. The van der Waals surface area contributed by atoms with Gasteiger partial charge in [-0.15, -0.1) is 0 Å². The Hall–Kier alpha value is -2.68. The number of rotatable bonds is 5. The van der Waals surface area contributed by atoms with Crippen molar-refractivity contribution in [2.24, 2.45) is 0 Å². The Morgan fingerprint density at radius 1 is 1.52 bits per heavy atom. The maximum atomic E-state index is 13.6. The number of hydrogen-bond acceptors (Lipinski definition) is 4. The molecule has 21 heavy (non-hydrogen) atoms. The molecule has 6 heteroatoms. The van der Waals surface area contributed by atoms with E-state index in [1.807, 2.05) is 4.57 Å². The minimum absolute atomic E-state index is 0.0234. The first-order valence-electron chi connectivity index (χ1n) is 6.38. The summed E-state index contributed by atoms with van der Waals surface area (Å²) in [6.45, 7) is 0.430. The number of aryl methyl sites for hydroxylation is 1. The molecule has 108 valence electrons. The van der Waals surface area contributed by atoms with Gasteiger partial charge in [0.25, 0.3) is 0 Å². The number of aromatic nitrogens is 2. The van der Waals surface area contributed by atoms with Gasteiger partial charge in [-0.1, -0.05) is 6.07 Å². The molecule has 0 bridgehead atoms. The summed E-state index contributed by atoms with van der Waals surface area (Å²) in [5.74, 6) is -0.821. The van der Waals surface area contributed by atoms with Gasteiger partial charge in [0.15, 0.2) is 0 Å². The van der Waals surface area contributed by atoms with E-state index in [4.69, 9.17) is 5.26 Å². The van der Waals surface area contributed by atoms with Crippen LogP contribution in [0.15, 0.2) is 30.7 Å². The summed E-state index contributed by atoms with van der Waals surface area (Å²) in [4.78, 5) is 15.2. The summed E-state index contributed by atoms with van der Waals surface area (Å²) in [7, 11) is 1.35. The van der Waals surface area contributed by atoms with E-state index in [0.29, 0.717) is 13.0 Å². The van der Waals surface area contributed by atoms with Crippen LogP contribution in [0.4, 0.5) is 4.39 Å². The number of hydrogen-bond donors (Lipinski definition) is 0. The molecule has 0 radical (unpaired) electrons. The number of methoxy groups -OCH3 is 1. The molecule has 0 amide bonds. The molecule has 0 spiro atoms. The molecule has 0 aliphatic carbocycles. The Kier molecular flexibility index (Phi) is 4.67. The van der Waals surface area contributed by atoms with Crippen molar-refractivity contribution >= 4 is 5.97 Å². The number of imidazole rings is 1. The van der Waals surface area contributed by atoms with E-state index in [1.54, 1.807) is 24.7 Å². The molecule has 1 aromatic carbocycles. The topological polar surface area (TPSA) is 67.9 Å². The summed E-state index contributed by atoms with van der Waals surface area (Å²) in [6, 6.07) is 6.28. The first kappa shape index (κ1) is 14.7. The summed E-state index contributed by atoms with van der Waals surface area (Å²) in [5.41, 5.74) is 1.62. The lowest BCUT2D eigenvalue weighted by Gasteiger charge is -2.08. The van der Waals surface area contributed by atoms with Gasteiger partial charge >= 0.3 is 5.97 Å². The molecule has 0 N–H and O–H groups in total. The monoisotopic (exact) mass is 287 g/mol. The SMILES string of the molecule is COC(=O)CCc1cncn1Cc1ccc(C#N)c(F)c1. The highest BCUT2D eigenvalue weighted by atomic mass is 19.1. The molecule has 2 aromatic rings. The molecule has 1 heterocycles. The van der Waals surface area contributed by atoms with Gasteiger partial charge in [-0.2, -0.15) is 5.26 Å². The number of ether oxygens (including phenoxy) is 1. The van der Waals surface area contributed by atoms with Gasteiger partial charge in [0, 0.05) is 18.4 Å². The lowest BCUT2D eigenvalue weighted by atomic mass is 10.1. The van der Waals surface area contributed by atoms with Crippen LogP contribution in [0.1, 0.15) is 23.2 Å². The summed E-state index contributed by atoms with van der Waals surface area (Å²) < 4.78 is 20.0. The highest BCUT2D eigenvalue weighted by molar-refractivity contribution is 5.69. The van der Waals surface area contributed by atoms with Crippen molar-refractivity contribution < 1.29 is 13.9 Å². The summed E-state index contributed by atoms with van der Waals surface area (Å²) in [5, 5.41) is 8.71. The van der Waals surface area contributed by atoms with E-state index >= 15 is 0 Å². The second-order valence-corrected chi connectivity index (χ2v) is 4.52. The molecule has 0 saturated carbocycles. The van der Waals surface area contributed by atoms with Crippen molar-refractivity contribution in [2.45, 2.75) is 19.4 Å². The van der Waals surface area contributed by atoms with Crippen LogP contribution in [-0.4, -0.2) is 22.6 Å². The first-order valence-corrected chi connectivity index (χ1v) is 6.38. The molecule has 0 unspecified atom stereocenters. The molecular formula is C15H14FN3O2. The van der Waals surface area contributed by atoms with Gasteiger partial charge in [-0.05, 0) is 24.1 Å².